The van der Waals surface area contributed by atoms with E-state index in [2.05, 4.69) is 4.74 Å². The molecule has 0 atom stereocenters. The zero-order chi connectivity index (χ0) is 8.85. The summed E-state index contributed by atoms with van der Waals surface area (Å²) in [6.45, 7) is 5.25. The topological polar surface area (TPSA) is 43.4 Å². The van der Waals surface area contributed by atoms with Crippen molar-refractivity contribution in [1.82, 2.24) is 0 Å². The van der Waals surface area contributed by atoms with Crippen molar-refractivity contribution in [3.63, 3.8) is 0 Å². The van der Waals surface area contributed by atoms with Crippen molar-refractivity contribution >= 4 is 11.9 Å². The summed E-state index contributed by atoms with van der Waals surface area (Å²) in [7, 11) is 0. The summed E-state index contributed by atoms with van der Waals surface area (Å²) in [6, 6.07) is 0. The van der Waals surface area contributed by atoms with Gasteiger partial charge in [-0.2, -0.15) is 0 Å². The molecule has 3 nitrogen and oxygen atoms in total. The molecule has 0 aromatic heterocycles. The third-order valence-electron chi connectivity index (χ3n) is 1.14. The Kier molecular flexibility index (Phi) is 9.28. The van der Waals surface area contributed by atoms with Gasteiger partial charge in [-0.15, -0.1) is 0 Å². The predicted molar refractivity (Wildman–Crippen MR) is 40.8 cm³/mol. The molecule has 0 fully saturated rings. The fraction of sp³-hybridized carbons (Fsp3) is 0.750. The SMILES string of the molecule is CCCC(=O)OC(=O)C(C)C.[Zr]. The van der Waals surface area contributed by atoms with Crippen molar-refractivity contribution in [3.05, 3.63) is 0 Å². The summed E-state index contributed by atoms with van der Waals surface area (Å²) >= 11 is 0. The van der Waals surface area contributed by atoms with Crippen LogP contribution in [-0.4, -0.2) is 11.9 Å². The summed E-state index contributed by atoms with van der Waals surface area (Å²) in [5, 5.41) is 0. The van der Waals surface area contributed by atoms with E-state index < -0.39 is 11.9 Å². The van der Waals surface area contributed by atoms with Gasteiger partial charge in [0.25, 0.3) is 0 Å². The summed E-state index contributed by atoms with van der Waals surface area (Å²) < 4.78 is 4.47. The Hall–Kier alpha value is 0.0231. The van der Waals surface area contributed by atoms with Crippen LogP contribution in [0.15, 0.2) is 0 Å². The molecule has 0 N–H and O–H groups in total. The van der Waals surface area contributed by atoms with Crippen molar-refractivity contribution in [1.29, 1.82) is 0 Å². The Morgan fingerprint density at radius 1 is 1.33 bits per heavy atom. The molecular formula is C8H14O3Zr. The first-order valence-electron chi connectivity index (χ1n) is 3.82. The third-order valence-corrected chi connectivity index (χ3v) is 1.14. The fourth-order valence-corrected chi connectivity index (χ4v) is 0.485. The van der Waals surface area contributed by atoms with Gasteiger partial charge < -0.3 is 4.74 Å². The Balaban J connectivity index is 0. The number of rotatable bonds is 3. The first-order chi connectivity index (χ1) is 5.07. The van der Waals surface area contributed by atoms with E-state index in [0.717, 1.165) is 0 Å². The van der Waals surface area contributed by atoms with Crippen LogP contribution >= 0.6 is 0 Å². The molecule has 12 heavy (non-hydrogen) atoms. The van der Waals surface area contributed by atoms with E-state index in [1.54, 1.807) is 13.8 Å². The molecule has 0 saturated heterocycles. The molecule has 0 radical (unpaired) electrons. The summed E-state index contributed by atoms with van der Waals surface area (Å²) in [6.07, 6.45) is 1.03. The van der Waals surface area contributed by atoms with Crippen LogP contribution in [0.3, 0.4) is 0 Å². The Bertz CT molecular complexity index is 154. The number of carbonyl (C=O) groups excluding carboxylic acids is 2. The molecular weight excluding hydrogens is 235 g/mol. The fourth-order valence-electron chi connectivity index (χ4n) is 0.485. The maximum Gasteiger partial charge on any atom is 0.316 e. The standard InChI is InChI=1S/C8H14O3.Zr/c1-4-5-7(9)11-8(10)6(2)3;/h6H,4-5H2,1-3H3;. The molecule has 0 aliphatic carbocycles. The molecule has 0 saturated carbocycles. The first-order valence-corrected chi connectivity index (χ1v) is 3.82. The van der Waals surface area contributed by atoms with Crippen molar-refractivity contribution in [2.24, 2.45) is 5.92 Å². The van der Waals surface area contributed by atoms with Crippen LogP contribution in [0.4, 0.5) is 0 Å². The van der Waals surface area contributed by atoms with Gasteiger partial charge >= 0.3 is 11.9 Å². The average Bonchev–Trinajstić information content (AvgIpc) is 1.87. The van der Waals surface area contributed by atoms with E-state index in [-0.39, 0.29) is 32.1 Å². The number of hydrogen-bond acceptors (Lipinski definition) is 3. The van der Waals surface area contributed by atoms with E-state index in [4.69, 9.17) is 0 Å². The van der Waals surface area contributed by atoms with Crippen LogP contribution in [0.2, 0.25) is 0 Å². The van der Waals surface area contributed by atoms with Crippen molar-refractivity contribution in [3.8, 4) is 0 Å². The second-order valence-corrected chi connectivity index (χ2v) is 2.70. The first kappa shape index (κ1) is 14.5. The maximum atomic E-state index is 10.8. The smallest absolute Gasteiger partial charge is 0.316 e. The van der Waals surface area contributed by atoms with Crippen LogP contribution in [0.5, 0.6) is 0 Å². The van der Waals surface area contributed by atoms with E-state index in [1.165, 1.54) is 0 Å². The van der Waals surface area contributed by atoms with Gasteiger partial charge in [0, 0.05) is 32.6 Å². The van der Waals surface area contributed by atoms with Gasteiger partial charge in [-0.25, -0.2) is 0 Å². The maximum absolute atomic E-state index is 10.8. The Morgan fingerprint density at radius 2 is 1.83 bits per heavy atom. The van der Waals surface area contributed by atoms with Gasteiger partial charge in [-0.1, -0.05) is 20.8 Å². The second-order valence-electron chi connectivity index (χ2n) is 2.70. The molecule has 0 aliphatic heterocycles. The van der Waals surface area contributed by atoms with Crippen molar-refractivity contribution in [2.75, 3.05) is 0 Å². The molecule has 0 unspecified atom stereocenters. The molecule has 0 amide bonds. The third kappa shape index (κ3) is 6.72. The average molecular weight is 249 g/mol. The molecule has 0 rings (SSSR count). The minimum Gasteiger partial charge on any atom is -0.393 e. The Labute approximate surface area is 92.0 Å². The van der Waals surface area contributed by atoms with Crippen LogP contribution in [0.25, 0.3) is 0 Å². The van der Waals surface area contributed by atoms with Crippen LogP contribution in [-0.2, 0) is 40.5 Å². The molecule has 0 spiro atoms. The second kappa shape index (κ2) is 7.66. The summed E-state index contributed by atoms with van der Waals surface area (Å²) in [4.78, 5) is 21.5. The largest absolute Gasteiger partial charge is 0.393 e. The predicted octanol–water partition coefficient (Wildman–Crippen LogP) is 1.51. The van der Waals surface area contributed by atoms with Gasteiger partial charge in [-0.3, -0.25) is 9.59 Å². The zero-order valence-electron chi connectivity index (χ0n) is 7.72. The van der Waals surface area contributed by atoms with Crippen molar-refractivity contribution in [2.45, 2.75) is 33.6 Å². The van der Waals surface area contributed by atoms with Gasteiger partial charge in [-0.05, 0) is 6.42 Å². The number of carbonyl (C=O) groups is 2. The van der Waals surface area contributed by atoms with Gasteiger partial charge in [0.2, 0.25) is 0 Å². The van der Waals surface area contributed by atoms with E-state index in [1.807, 2.05) is 6.92 Å². The number of esters is 2. The van der Waals surface area contributed by atoms with Crippen LogP contribution in [0, 0.1) is 5.92 Å². The minimum absolute atomic E-state index is 0. The van der Waals surface area contributed by atoms with Crippen LogP contribution in [0.1, 0.15) is 33.6 Å². The number of hydrogen-bond donors (Lipinski definition) is 0. The van der Waals surface area contributed by atoms with E-state index in [9.17, 15) is 9.59 Å². The monoisotopic (exact) mass is 248 g/mol. The zero-order valence-corrected chi connectivity index (χ0v) is 10.2. The van der Waals surface area contributed by atoms with Gasteiger partial charge in [0.1, 0.15) is 0 Å². The summed E-state index contributed by atoms with van der Waals surface area (Å²) in [5.41, 5.74) is 0. The van der Waals surface area contributed by atoms with Crippen molar-refractivity contribution < 1.29 is 40.5 Å². The minimum atomic E-state index is -0.441. The molecule has 0 bridgehead atoms. The number of ether oxygens (including phenoxy) is 1. The van der Waals surface area contributed by atoms with E-state index >= 15 is 0 Å². The van der Waals surface area contributed by atoms with Gasteiger partial charge in [0.15, 0.2) is 0 Å². The van der Waals surface area contributed by atoms with Gasteiger partial charge in [0.05, 0.1) is 5.92 Å². The molecule has 0 aromatic rings. The summed E-state index contributed by atoms with van der Waals surface area (Å²) in [5.74, 6) is -1.09. The van der Waals surface area contributed by atoms with Crippen LogP contribution < -0.4 is 0 Å². The molecule has 68 valence electrons. The molecule has 0 aromatic carbocycles. The molecule has 4 heteroatoms. The molecule has 0 heterocycles. The quantitative estimate of drug-likeness (QED) is 0.562. The molecule has 0 aliphatic rings. The Morgan fingerprint density at radius 3 is 2.17 bits per heavy atom. The van der Waals surface area contributed by atoms with E-state index in [0.29, 0.717) is 12.8 Å². The normalized spacial score (nSPS) is 9.00.